The number of carbonyl (C=O) groups excluding carboxylic acids is 1. The van der Waals surface area contributed by atoms with E-state index in [2.05, 4.69) is 20.0 Å². The van der Waals surface area contributed by atoms with E-state index in [0.29, 0.717) is 0 Å². The van der Waals surface area contributed by atoms with Crippen molar-refractivity contribution in [3.05, 3.63) is 18.1 Å². The maximum absolute atomic E-state index is 11.5. The van der Waals surface area contributed by atoms with Gasteiger partial charge < -0.3 is 11.1 Å². The van der Waals surface area contributed by atoms with Gasteiger partial charge in [-0.3, -0.25) is 9.78 Å². The van der Waals surface area contributed by atoms with Gasteiger partial charge in [-0.1, -0.05) is 0 Å². The molecule has 17 heavy (non-hydrogen) atoms. The number of hydrogen-bond acceptors (Lipinski definition) is 6. The van der Waals surface area contributed by atoms with Gasteiger partial charge in [0, 0.05) is 13.1 Å². The minimum atomic E-state index is -3.24. The third-order valence-corrected chi connectivity index (χ3v) is 2.39. The number of nitrogens with zero attached hydrogens (tertiary/aromatic N) is 2. The Hall–Kier alpha value is -1.74. The van der Waals surface area contributed by atoms with Crippen LogP contribution in [-0.4, -0.2) is 43.6 Å². The third-order valence-electron chi connectivity index (χ3n) is 1.66. The Balaban J connectivity index is 2.41. The zero-order valence-electron chi connectivity index (χ0n) is 9.17. The standard InChI is InChI=1S/C8H13N5O3S/c1-17(15,16)12-3-2-11-8(14)6-4-10-5-7(9)13-6/h4-5,12H,2-3H2,1H3,(H2,9,13)(H,11,14). The first kappa shape index (κ1) is 13.3. The van der Waals surface area contributed by atoms with Gasteiger partial charge in [0.15, 0.2) is 0 Å². The summed E-state index contributed by atoms with van der Waals surface area (Å²) in [6.07, 6.45) is 3.63. The predicted octanol–water partition coefficient (Wildman–Crippen LogP) is -1.66. The monoisotopic (exact) mass is 259 g/mol. The first-order chi connectivity index (χ1) is 7.88. The third kappa shape index (κ3) is 5.22. The van der Waals surface area contributed by atoms with Gasteiger partial charge in [0.2, 0.25) is 10.0 Å². The number of hydrogen-bond donors (Lipinski definition) is 3. The van der Waals surface area contributed by atoms with Crippen LogP contribution in [0.15, 0.2) is 12.4 Å². The summed E-state index contributed by atoms with van der Waals surface area (Å²) in [5, 5.41) is 2.47. The van der Waals surface area contributed by atoms with Gasteiger partial charge in [-0.2, -0.15) is 0 Å². The molecular weight excluding hydrogens is 246 g/mol. The molecule has 0 saturated heterocycles. The average molecular weight is 259 g/mol. The van der Waals surface area contributed by atoms with Crippen molar-refractivity contribution in [3.63, 3.8) is 0 Å². The van der Waals surface area contributed by atoms with E-state index < -0.39 is 15.9 Å². The topological polar surface area (TPSA) is 127 Å². The molecule has 1 aromatic rings. The maximum Gasteiger partial charge on any atom is 0.271 e. The zero-order valence-corrected chi connectivity index (χ0v) is 9.99. The number of anilines is 1. The van der Waals surface area contributed by atoms with Crippen LogP contribution >= 0.6 is 0 Å². The highest BCUT2D eigenvalue weighted by molar-refractivity contribution is 7.88. The van der Waals surface area contributed by atoms with Crippen LogP contribution in [0.25, 0.3) is 0 Å². The molecule has 0 aromatic carbocycles. The molecule has 0 spiro atoms. The SMILES string of the molecule is CS(=O)(=O)NCCNC(=O)c1cncc(N)n1. The lowest BCUT2D eigenvalue weighted by Gasteiger charge is -2.05. The van der Waals surface area contributed by atoms with Crippen LogP contribution in [0, 0.1) is 0 Å². The van der Waals surface area contributed by atoms with E-state index in [1.807, 2.05) is 0 Å². The van der Waals surface area contributed by atoms with E-state index >= 15 is 0 Å². The fourth-order valence-corrected chi connectivity index (χ4v) is 1.47. The summed E-state index contributed by atoms with van der Waals surface area (Å²) in [6.45, 7) is 0.267. The number of nitrogens with two attached hydrogens (primary N) is 1. The van der Waals surface area contributed by atoms with E-state index in [1.165, 1.54) is 12.4 Å². The van der Waals surface area contributed by atoms with E-state index in [-0.39, 0.29) is 24.6 Å². The Kier molecular flexibility index (Phi) is 4.35. The Bertz CT molecular complexity index is 502. The first-order valence-corrected chi connectivity index (χ1v) is 6.58. The lowest BCUT2D eigenvalue weighted by molar-refractivity contribution is 0.0949. The van der Waals surface area contributed by atoms with E-state index in [4.69, 9.17) is 5.73 Å². The average Bonchev–Trinajstić information content (AvgIpc) is 2.23. The second kappa shape index (κ2) is 5.55. The van der Waals surface area contributed by atoms with Crippen molar-refractivity contribution in [2.75, 3.05) is 25.1 Å². The number of rotatable bonds is 5. The first-order valence-electron chi connectivity index (χ1n) is 4.69. The van der Waals surface area contributed by atoms with Crippen LogP contribution in [0.4, 0.5) is 5.82 Å². The van der Waals surface area contributed by atoms with Crippen LogP contribution in [0.2, 0.25) is 0 Å². The van der Waals surface area contributed by atoms with Crippen LogP contribution in [0.3, 0.4) is 0 Å². The molecule has 4 N–H and O–H groups in total. The highest BCUT2D eigenvalue weighted by Crippen LogP contribution is 1.96. The van der Waals surface area contributed by atoms with Crippen LogP contribution in [-0.2, 0) is 10.0 Å². The predicted molar refractivity (Wildman–Crippen MR) is 61.6 cm³/mol. The molecule has 0 fully saturated rings. The molecule has 0 bridgehead atoms. The van der Waals surface area contributed by atoms with Gasteiger partial charge in [-0.05, 0) is 0 Å². The zero-order chi connectivity index (χ0) is 12.9. The number of sulfonamides is 1. The molecule has 1 heterocycles. The second-order valence-electron chi connectivity index (χ2n) is 3.25. The van der Waals surface area contributed by atoms with Crippen molar-refractivity contribution in [2.45, 2.75) is 0 Å². The van der Waals surface area contributed by atoms with E-state index in [1.54, 1.807) is 0 Å². The summed E-state index contributed by atoms with van der Waals surface area (Å²) in [5.74, 6) is -0.313. The Morgan fingerprint density at radius 2 is 2.12 bits per heavy atom. The fraction of sp³-hybridized carbons (Fsp3) is 0.375. The molecule has 1 aromatic heterocycles. The minimum Gasteiger partial charge on any atom is -0.382 e. The number of carbonyl (C=O) groups is 1. The fourth-order valence-electron chi connectivity index (χ4n) is 0.993. The van der Waals surface area contributed by atoms with Gasteiger partial charge in [0.05, 0.1) is 18.6 Å². The molecule has 1 rings (SSSR count). The number of nitrogens with one attached hydrogen (secondary N) is 2. The Morgan fingerprint density at radius 3 is 2.71 bits per heavy atom. The van der Waals surface area contributed by atoms with Crippen molar-refractivity contribution >= 4 is 21.7 Å². The van der Waals surface area contributed by atoms with Crippen LogP contribution < -0.4 is 15.8 Å². The molecule has 94 valence electrons. The van der Waals surface area contributed by atoms with Gasteiger partial charge in [-0.15, -0.1) is 0 Å². The second-order valence-corrected chi connectivity index (χ2v) is 5.08. The van der Waals surface area contributed by atoms with Gasteiger partial charge in [-0.25, -0.2) is 18.1 Å². The molecule has 0 unspecified atom stereocenters. The van der Waals surface area contributed by atoms with Crippen molar-refractivity contribution in [1.29, 1.82) is 0 Å². The van der Waals surface area contributed by atoms with Crippen molar-refractivity contribution in [2.24, 2.45) is 0 Å². The van der Waals surface area contributed by atoms with E-state index in [0.717, 1.165) is 6.26 Å². The lowest BCUT2D eigenvalue weighted by Crippen LogP contribution is -2.34. The molecule has 0 aliphatic rings. The van der Waals surface area contributed by atoms with Gasteiger partial charge >= 0.3 is 0 Å². The molecular formula is C8H13N5O3S. The lowest BCUT2D eigenvalue weighted by atomic mass is 10.4. The largest absolute Gasteiger partial charge is 0.382 e. The van der Waals surface area contributed by atoms with Crippen molar-refractivity contribution in [3.8, 4) is 0 Å². The van der Waals surface area contributed by atoms with Crippen molar-refractivity contribution < 1.29 is 13.2 Å². The summed E-state index contributed by atoms with van der Waals surface area (Å²) in [7, 11) is -3.24. The summed E-state index contributed by atoms with van der Waals surface area (Å²) >= 11 is 0. The number of amides is 1. The van der Waals surface area contributed by atoms with E-state index in [9.17, 15) is 13.2 Å². The minimum absolute atomic E-state index is 0.0874. The summed E-state index contributed by atoms with van der Waals surface area (Å²) < 4.78 is 23.7. The van der Waals surface area contributed by atoms with Crippen LogP contribution in [0.1, 0.15) is 10.5 Å². The normalized spacial score (nSPS) is 11.1. The smallest absolute Gasteiger partial charge is 0.271 e. The molecule has 8 nitrogen and oxygen atoms in total. The number of nitrogen functional groups attached to an aromatic ring is 1. The maximum atomic E-state index is 11.5. The summed E-state index contributed by atoms with van der Waals surface area (Å²) in [4.78, 5) is 19.0. The van der Waals surface area contributed by atoms with Crippen LogP contribution in [0.5, 0.6) is 0 Å². The molecule has 0 radical (unpaired) electrons. The van der Waals surface area contributed by atoms with Gasteiger partial charge in [0.25, 0.3) is 5.91 Å². The number of aromatic nitrogens is 2. The molecule has 0 atom stereocenters. The molecule has 1 amide bonds. The Morgan fingerprint density at radius 1 is 1.41 bits per heavy atom. The highest BCUT2D eigenvalue weighted by atomic mass is 32.2. The molecule has 0 aliphatic heterocycles. The summed E-state index contributed by atoms with van der Waals surface area (Å²) in [5.41, 5.74) is 5.45. The summed E-state index contributed by atoms with van der Waals surface area (Å²) in [6, 6.07) is 0. The highest BCUT2D eigenvalue weighted by Gasteiger charge is 2.07. The molecule has 0 saturated carbocycles. The Labute approximate surface area is 98.7 Å². The molecule has 0 aliphatic carbocycles. The van der Waals surface area contributed by atoms with Gasteiger partial charge in [0.1, 0.15) is 11.5 Å². The molecule has 9 heteroatoms. The quantitative estimate of drug-likeness (QED) is 0.543. The van der Waals surface area contributed by atoms with Crippen molar-refractivity contribution in [1.82, 2.24) is 20.0 Å².